The quantitative estimate of drug-likeness (QED) is 0.849. The van der Waals surface area contributed by atoms with E-state index in [0.29, 0.717) is 6.54 Å². The number of amides is 1. The third-order valence-electron chi connectivity index (χ3n) is 5.36. The van der Waals surface area contributed by atoms with E-state index >= 15 is 0 Å². The number of rotatable bonds is 6. The van der Waals surface area contributed by atoms with Crippen LogP contribution in [0.15, 0.2) is 24.3 Å². The first-order valence-corrected chi connectivity index (χ1v) is 9.53. The highest BCUT2D eigenvalue weighted by atomic mass is 32.1. The minimum Gasteiger partial charge on any atom is -0.497 e. The Balaban J connectivity index is 1.78. The number of aromatic nitrogens is 1. The summed E-state index contributed by atoms with van der Waals surface area (Å²) in [6, 6.07) is 7.89. The van der Waals surface area contributed by atoms with Crippen molar-refractivity contribution in [2.75, 3.05) is 7.11 Å². The molecule has 1 aliphatic carbocycles. The van der Waals surface area contributed by atoms with Crippen LogP contribution in [0.1, 0.15) is 48.3 Å². The lowest BCUT2D eigenvalue weighted by molar-refractivity contribution is -0.124. The van der Waals surface area contributed by atoms with Crippen molar-refractivity contribution in [2.24, 2.45) is 5.41 Å². The molecule has 1 saturated carbocycles. The molecule has 134 valence electrons. The first-order chi connectivity index (χ1) is 11.8. The predicted molar refractivity (Wildman–Crippen MR) is 101 cm³/mol. The zero-order chi connectivity index (χ0) is 18.2. The second kappa shape index (κ2) is 6.45. The van der Waals surface area contributed by atoms with Crippen molar-refractivity contribution in [1.82, 2.24) is 10.3 Å². The number of aryl methyl sites for hydroxylation is 2. The zero-order valence-electron chi connectivity index (χ0n) is 15.6. The van der Waals surface area contributed by atoms with Gasteiger partial charge in [-0.05, 0) is 42.9 Å². The van der Waals surface area contributed by atoms with Gasteiger partial charge in [0.25, 0.3) is 0 Å². The van der Waals surface area contributed by atoms with Gasteiger partial charge in [0.1, 0.15) is 5.75 Å². The predicted octanol–water partition coefficient (Wildman–Crippen LogP) is 4.01. The summed E-state index contributed by atoms with van der Waals surface area (Å²) >= 11 is 1.69. The van der Waals surface area contributed by atoms with E-state index in [-0.39, 0.29) is 11.3 Å². The number of benzene rings is 1. The monoisotopic (exact) mass is 358 g/mol. The van der Waals surface area contributed by atoms with Crippen LogP contribution < -0.4 is 10.1 Å². The van der Waals surface area contributed by atoms with Gasteiger partial charge >= 0.3 is 0 Å². The minimum absolute atomic E-state index is 0.0387. The summed E-state index contributed by atoms with van der Waals surface area (Å²) < 4.78 is 5.24. The van der Waals surface area contributed by atoms with Crippen LogP contribution in [-0.4, -0.2) is 18.0 Å². The largest absolute Gasteiger partial charge is 0.497 e. The number of nitrogens with zero attached hydrogens (tertiary/aromatic N) is 1. The van der Waals surface area contributed by atoms with Crippen LogP contribution in [0.3, 0.4) is 0 Å². The molecule has 5 heteroatoms. The SMILES string of the molecule is CCc1nc(C)c(CNC(=O)C2(c3ccc(OC)cc3)CC2(C)C)s1. The fourth-order valence-corrected chi connectivity index (χ4v) is 4.57. The summed E-state index contributed by atoms with van der Waals surface area (Å²) in [6.45, 7) is 8.98. The van der Waals surface area contributed by atoms with Gasteiger partial charge in [0.2, 0.25) is 5.91 Å². The molecule has 3 rings (SSSR count). The van der Waals surface area contributed by atoms with Gasteiger partial charge in [0.05, 0.1) is 29.8 Å². The lowest BCUT2D eigenvalue weighted by Crippen LogP contribution is -2.37. The minimum atomic E-state index is -0.453. The van der Waals surface area contributed by atoms with Gasteiger partial charge in [-0.3, -0.25) is 4.79 Å². The molecule has 1 unspecified atom stereocenters. The Morgan fingerprint density at radius 2 is 1.96 bits per heavy atom. The van der Waals surface area contributed by atoms with Gasteiger partial charge in [0, 0.05) is 4.88 Å². The fourth-order valence-electron chi connectivity index (χ4n) is 3.62. The highest BCUT2D eigenvalue weighted by Gasteiger charge is 2.66. The molecule has 1 fully saturated rings. The highest BCUT2D eigenvalue weighted by Crippen LogP contribution is 2.64. The first-order valence-electron chi connectivity index (χ1n) is 8.72. The molecule has 4 nitrogen and oxygen atoms in total. The second-order valence-corrected chi connectivity index (χ2v) is 8.52. The van der Waals surface area contributed by atoms with E-state index in [1.54, 1.807) is 18.4 Å². The molecule has 0 saturated heterocycles. The number of hydrogen-bond acceptors (Lipinski definition) is 4. The smallest absolute Gasteiger partial charge is 0.231 e. The van der Waals surface area contributed by atoms with Crippen molar-refractivity contribution in [3.8, 4) is 5.75 Å². The van der Waals surface area contributed by atoms with Crippen LogP contribution in [0.4, 0.5) is 0 Å². The van der Waals surface area contributed by atoms with E-state index in [4.69, 9.17) is 4.74 Å². The Hall–Kier alpha value is -1.88. The molecule has 1 heterocycles. The highest BCUT2D eigenvalue weighted by molar-refractivity contribution is 7.11. The van der Waals surface area contributed by atoms with Crippen LogP contribution in [0.25, 0.3) is 0 Å². The summed E-state index contributed by atoms with van der Waals surface area (Å²) in [5.41, 5.74) is 1.59. The van der Waals surface area contributed by atoms with E-state index in [0.717, 1.165) is 39.7 Å². The summed E-state index contributed by atoms with van der Waals surface area (Å²) in [6.07, 6.45) is 1.79. The number of carbonyl (C=O) groups is 1. The van der Waals surface area contributed by atoms with Crippen molar-refractivity contribution in [3.05, 3.63) is 45.4 Å². The molecule has 1 atom stereocenters. The standard InChI is InChI=1S/C20H26N2O2S/c1-6-17-22-13(2)16(25-17)11-21-18(23)20(12-19(20,3)4)14-7-9-15(24-5)10-8-14/h7-10H,6,11-12H2,1-5H3,(H,21,23). The summed E-state index contributed by atoms with van der Waals surface area (Å²) in [5.74, 6) is 0.915. The van der Waals surface area contributed by atoms with Gasteiger partial charge in [-0.15, -0.1) is 11.3 Å². The molecule has 1 aliphatic rings. The molecule has 25 heavy (non-hydrogen) atoms. The Morgan fingerprint density at radius 1 is 1.32 bits per heavy atom. The van der Waals surface area contributed by atoms with Crippen molar-refractivity contribution in [3.63, 3.8) is 0 Å². The molecule has 2 aromatic rings. The third-order valence-corrected chi connectivity index (χ3v) is 6.66. The molecular formula is C20H26N2O2S. The average Bonchev–Trinajstić information content (AvgIpc) is 3.02. The van der Waals surface area contributed by atoms with E-state index in [2.05, 4.69) is 31.1 Å². The van der Waals surface area contributed by atoms with Gasteiger partial charge in [-0.25, -0.2) is 4.98 Å². The number of ether oxygens (including phenoxy) is 1. The van der Waals surface area contributed by atoms with Gasteiger partial charge in [0.15, 0.2) is 0 Å². The van der Waals surface area contributed by atoms with E-state index in [1.807, 2.05) is 31.2 Å². The van der Waals surface area contributed by atoms with E-state index in [1.165, 1.54) is 0 Å². The normalized spacial score (nSPS) is 21.0. The van der Waals surface area contributed by atoms with Crippen molar-refractivity contribution >= 4 is 17.2 Å². The van der Waals surface area contributed by atoms with Gasteiger partial charge in [-0.2, -0.15) is 0 Å². The Kier molecular flexibility index (Phi) is 4.62. The number of carbonyl (C=O) groups excluding carboxylic acids is 1. The zero-order valence-corrected chi connectivity index (χ0v) is 16.4. The van der Waals surface area contributed by atoms with Gasteiger partial charge in [-0.1, -0.05) is 32.9 Å². The average molecular weight is 359 g/mol. The number of nitrogens with one attached hydrogen (secondary N) is 1. The first kappa shape index (κ1) is 17.9. The second-order valence-electron chi connectivity index (χ2n) is 7.35. The van der Waals surface area contributed by atoms with Crippen molar-refractivity contribution < 1.29 is 9.53 Å². The van der Waals surface area contributed by atoms with Crippen LogP contribution in [-0.2, 0) is 23.2 Å². The fraction of sp³-hybridized carbons (Fsp3) is 0.500. The Morgan fingerprint density at radius 3 is 2.44 bits per heavy atom. The van der Waals surface area contributed by atoms with Crippen LogP contribution in [0, 0.1) is 12.3 Å². The third kappa shape index (κ3) is 3.06. The summed E-state index contributed by atoms with van der Waals surface area (Å²) in [5, 5.41) is 4.29. The molecule has 0 spiro atoms. The molecule has 1 aromatic carbocycles. The lowest BCUT2D eigenvalue weighted by atomic mass is 9.87. The molecular weight excluding hydrogens is 332 g/mol. The molecule has 1 amide bonds. The number of thiazole rings is 1. The Bertz CT molecular complexity index is 779. The van der Waals surface area contributed by atoms with Crippen LogP contribution in [0.5, 0.6) is 5.75 Å². The summed E-state index contributed by atoms with van der Waals surface area (Å²) in [4.78, 5) is 18.8. The lowest BCUT2D eigenvalue weighted by Gasteiger charge is -2.21. The maximum Gasteiger partial charge on any atom is 0.231 e. The summed E-state index contributed by atoms with van der Waals surface area (Å²) in [7, 11) is 1.65. The molecule has 0 radical (unpaired) electrons. The van der Waals surface area contributed by atoms with Crippen molar-refractivity contribution in [2.45, 2.75) is 52.5 Å². The molecule has 0 bridgehead atoms. The molecule has 1 N–H and O–H groups in total. The topological polar surface area (TPSA) is 51.2 Å². The maximum absolute atomic E-state index is 13.1. The van der Waals surface area contributed by atoms with Gasteiger partial charge < -0.3 is 10.1 Å². The van der Waals surface area contributed by atoms with E-state index in [9.17, 15) is 4.79 Å². The van der Waals surface area contributed by atoms with Crippen LogP contribution >= 0.6 is 11.3 Å². The van der Waals surface area contributed by atoms with Crippen LogP contribution in [0.2, 0.25) is 0 Å². The Labute approximate surface area is 153 Å². The molecule has 0 aliphatic heterocycles. The van der Waals surface area contributed by atoms with E-state index < -0.39 is 5.41 Å². The molecule has 1 aromatic heterocycles. The van der Waals surface area contributed by atoms with Crippen molar-refractivity contribution in [1.29, 1.82) is 0 Å². The maximum atomic E-state index is 13.1. The number of methoxy groups -OCH3 is 1. The number of hydrogen-bond donors (Lipinski definition) is 1.